The molecule has 0 amide bonds. The van der Waals surface area contributed by atoms with Crippen LogP contribution >= 0.6 is 15.9 Å². The number of halogens is 1. The summed E-state index contributed by atoms with van der Waals surface area (Å²) in [6.45, 7) is 2.25. The number of carboxylic acid groups (broad SMARTS) is 1. The molecule has 2 heterocycles. The first-order valence-electron chi connectivity index (χ1n) is 7.33. The Morgan fingerprint density at radius 3 is 3.00 bits per heavy atom. The van der Waals surface area contributed by atoms with Crippen LogP contribution in [-0.4, -0.2) is 21.4 Å². The number of aryl methyl sites for hydroxylation is 1. The largest absolute Gasteiger partial charge is 0.481 e. The highest BCUT2D eigenvalue weighted by atomic mass is 79.9. The summed E-state index contributed by atoms with van der Waals surface area (Å²) in [5.41, 5.74) is 5.95. The Morgan fingerprint density at radius 1 is 1.48 bits per heavy atom. The van der Waals surface area contributed by atoms with E-state index in [-0.39, 0.29) is 12.0 Å². The molecule has 0 atom stereocenters. The molecule has 0 bridgehead atoms. The summed E-state index contributed by atoms with van der Waals surface area (Å²) in [7, 11) is 0. The summed E-state index contributed by atoms with van der Waals surface area (Å²) >= 11 is 3.46. The number of aliphatic carboxylic acids is 1. The number of pyridine rings is 1. The van der Waals surface area contributed by atoms with Gasteiger partial charge in [-0.1, -0.05) is 15.9 Å². The summed E-state index contributed by atoms with van der Waals surface area (Å²) < 4.78 is 2.58. The van der Waals surface area contributed by atoms with Gasteiger partial charge in [-0.15, -0.1) is 0 Å². The van der Waals surface area contributed by atoms with E-state index in [1.54, 1.807) is 4.57 Å². The fourth-order valence-corrected chi connectivity index (χ4v) is 3.20. The van der Waals surface area contributed by atoms with Gasteiger partial charge in [-0.25, -0.2) is 0 Å². The minimum Gasteiger partial charge on any atom is -0.481 e. The van der Waals surface area contributed by atoms with Crippen molar-refractivity contribution >= 4 is 44.2 Å². The molecule has 3 rings (SSSR count). The van der Waals surface area contributed by atoms with E-state index in [1.807, 2.05) is 25.1 Å². The van der Waals surface area contributed by atoms with E-state index in [1.165, 1.54) is 0 Å². The number of nitrogens with zero attached hydrogens (tertiary/aromatic N) is 2. The molecule has 0 radical (unpaired) electrons. The average molecular weight is 378 g/mol. The second-order valence-electron chi connectivity index (χ2n) is 5.60. The minimum absolute atomic E-state index is 0.0419. The maximum absolute atomic E-state index is 12.8. The zero-order chi connectivity index (χ0) is 16.6. The van der Waals surface area contributed by atoms with Gasteiger partial charge < -0.3 is 9.67 Å². The van der Waals surface area contributed by atoms with E-state index in [9.17, 15) is 9.59 Å². The molecule has 2 aromatic rings. The Labute approximate surface area is 140 Å². The third-order valence-corrected chi connectivity index (χ3v) is 4.38. The predicted molar refractivity (Wildman–Crippen MR) is 93.2 cm³/mol. The van der Waals surface area contributed by atoms with Crippen LogP contribution in [0.5, 0.6) is 0 Å². The standard InChI is InChI=1S/C16H16BrN3O3/c1-9-7-12-15(19-18-9)11-8-10(17)4-5-13(11)20(16(12)23)6-2-3-14(21)22/h4-5,8,19H,2-3,6-7H2,1H3,(H,21,22). The lowest BCUT2D eigenvalue weighted by atomic mass is 10.0. The topological polar surface area (TPSA) is 83.7 Å². The van der Waals surface area contributed by atoms with E-state index in [0.29, 0.717) is 24.9 Å². The third-order valence-electron chi connectivity index (χ3n) is 3.89. The van der Waals surface area contributed by atoms with Gasteiger partial charge in [-0.3, -0.25) is 15.0 Å². The van der Waals surface area contributed by atoms with Crippen LogP contribution in [0, 0.1) is 0 Å². The first-order valence-corrected chi connectivity index (χ1v) is 8.12. The van der Waals surface area contributed by atoms with Crippen molar-refractivity contribution in [2.24, 2.45) is 5.10 Å². The lowest BCUT2D eigenvalue weighted by molar-refractivity contribution is -0.137. The van der Waals surface area contributed by atoms with E-state index < -0.39 is 5.97 Å². The summed E-state index contributed by atoms with van der Waals surface area (Å²) in [6.07, 6.45) is 0.961. The number of benzene rings is 1. The predicted octanol–water partition coefficient (Wildman–Crippen LogP) is 2.97. The molecule has 1 aliphatic rings. The number of rotatable bonds is 4. The van der Waals surface area contributed by atoms with Gasteiger partial charge in [0.1, 0.15) is 0 Å². The monoisotopic (exact) mass is 377 g/mol. The molecule has 1 aromatic heterocycles. The quantitative estimate of drug-likeness (QED) is 0.857. The van der Waals surface area contributed by atoms with Gasteiger partial charge >= 0.3 is 5.97 Å². The third kappa shape index (κ3) is 3.01. The van der Waals surface area contributed by atoms with Crippen molar-refractivity contribution in [1.82, 2.24) is 4.57 Å². The smallest absolute Gasteiger partial charge is 0.303 e. The number of hydrogen-bond acceptors (Lipinski definition) is 4. The van der Waals surface area contributed by atoms with Crippen LogP contribution in [0.1, 0.15) is 25.3 Å². The zero-order valence-corrected chi connectivity index (χ0v) is 14.2. The van der Waals surface area contributed by atoms with Crippen LogP contribution in [0.4, 0.5) is 5.69 Å². The van der Waals surface area contributed by atoms with E-state index in [2.05, 4.69) is 26.5 Å². The maximum atomic E-state index is 12.8. The molecular formula is C16H16BrN3O3. The Bertz CT molecular complexity index is 886. The first kappa shape index (κ1) is 15.7. The zero-order valence-electron chi connectivity index (χ0n) is 12.6. The highest BCUT2D eigenvalue weighted by molar-refractivity contribution is 9.10. The molecule has 0 saturated carbocycles. The second kappa shape index (κ2) is 6.16. The average Bonchev–Trinajstić information content (AvgIpc) is 2.50. The molecule has 0 unspecified atom stereocenters. The number of carbonyl (C=O) groups is 1. The molecular weight excluding hydrogens is 362 g/mol. The molecule has 2 N–H and O–H groups in total. The summed E-state index contributed by atoms with van der Waals surface area (Å²) in [5.74, 6) is -0.854. The van der Waals surface area contributed by atoms with Crippen molar-refractivity contribution < 1.29 is 9.90 Å². The van der Waals surface area contributed by atoms with E-state index in [4.69, 9.17) is 5.11 Å². The van der Waals surface area contributed by atoms with Gasteiger partial charge in [0.15, 0.2) is 0 Å². The lowest BCUT2D eigenvalue weighted by Gasteiger charge is -2.20. The summed E-state index contributed by atoms with van der Waals surface area (Å²) in [5, 5.41) is 14.0. The summed E-state index contributed by atoms with van der Waals surface area (Å²) in [6, 6.07) is 5.69. The van der Waals surface area contributed by atoms with Gasteiger partial charge in [0, 0.05) is 40.5 Å². The Morgan fingerprint density at radius 2 is 2.26 bits per heavy atom. The van der Waals surface area contributed by atoms with Crippen LogP contribution in [0.25, 0.3) is 10.9 Å². The van der Waals surface area contributed by atoms with Crippen molar-refractivity contribution in [3.8, 4) is 0 Å². The van der Waals surface area contributed by atoms with Crippen molar-refractivity contribution in [3.05, 3.63) is 38.6 Å². The van der Waals surface area contributed by atoms with E-state index in [0.717, 1.165) is 26.8 Å². The van der Waals surface area contributed by atoms with Crippen LogP contribution in [0.3, 0.4) is 0 Å². The highest BCUT2D eigenvalue weighted by Gasteiger charge is 2.20. The number of fused-ring (bicyclic) bond motifs is 3. The summed E-state index contributed by atoms with van der Waals surface area (Å²) in [4.78, 5) is 23.6. The maximum Gasteiger partial charge on any atom is 0.303 e. The van der Waals surface area contributed by atoms with Gasteiger partial charge in [0.2, 0.25) is 0 Å². The normalized spacial score (nSPS) is 13.4. The van der Waals surface area contributed by atoms with Crippen LogP contribution in [0.2, 0.25) is 0 Å². The Balaban J connectivity index is 2.17. The van der Waals surface area contributed by atoms with Gasteiger partial charge in [-0.2, -0.15) is 5.10 Å². The number of anilines is 1. The Hall–Kier alpha value is -2.15. The fraction of sp³-hybridized carbons (Fsp3) is 0.312. The van der Waals surface area contributed by atoms with Crippen molar-refractivity contribution in [3.63, 3.8) is 0 Å². The van der Waals surface area contributed by atoms with Crippen molar-refractivity contribution in [1.29, 1.82) is 0 Å². The van der Waals surface area contributed by atoms with Crippen LogP contribution in [0.15, 0.2) is 32.6 Å². The molecule has 0 spiro atoms. The minimum atomic E-state index is -0.854. The van der Waals surface area contributed by atoms with E-state index >= 15 is 0 Å². The number of hydrazone groups is 1. The molecule has 1 aromatic carbocycles. The second-order valence-corrected chi connectivity index (χ2v) is 6.52. The number of hydrogen-bond donors (Lipinski definition) is 2. The highest BCUT2D eigenvalue weighted by Crippen LogP contribution is 2.30. The Kier molecular flexibility index (Phi) is 4.21. The van der Waals surface area contributed by atoms with Gasteiger partial charge in [-0.05, 0) is 31.5 Å². The lowest BCUT2D eigenvalue weighted by Crippen LogP contribution is -2.29. The molecule has 0 aliphatic carbocycles. The van der Waals surface area contributed by atoms with Gasteiger partial charge in [0.25, 0.3) is 5.56 Å². The fourth-order valence-electron chi connectivity index (χ4n) is 2.83. The number of aromatic nitrogens is 1. The molecule has 1 aliphatic heterocycles. The first-order chi connectivity index (χ1) is 11.0. The molecule has 120 valence electrons. The molecule has 6 nitrogen and oxygen atoms in total. The molecule has 0 saturated heterocycles. The van der Waals surface area contributed by atoms with Crippen molar-refractivity contribution in [2.45, 2.75) is 32.7 Å². The SMILES string of the molecule is CC1=NNc2c(c(=O)n(CCCC(=O)O)c3ccc(Br)cc23)C1. The van der Waals surface area contributed by atoms with Crippen molar-refractivity contribution in [2.75, 3.05) is 5.43 Å². The number of nitrogens with one attached hydrogen (secondary N) is 1. The van der Waals surface area contributed by atoms with Gasteiger partial charge in [0.05, 0.1) is 11.2 Å². The number of carboxylic acids is 1. The molecule has 23 heavy (non-hydrogen) atoms. The molecule has 7 heteroatoms. The van der Waals surface area contributed by atoms with Crippen LogP contribution in [-0.2, 0) is 17.8 Å². The van der Waals surface area contributed by atoms with Crippen LogP contribution < -0.4 is 11.0 Å². The molecule has 0 fully saturated rings.